The molecule has 4 nitrogen and oxygen atoms in total. The minimum absolute atomic E-state index is 0.773. The van der Waals surface area contributed by atoms with Gasteiger partial charge in [0.1, 0.15) is 0 Å². The Labute approximate surface area is 101 Å². The van der Waals surface area contributed by atoms with Gasteiger partial charge in [-0.1, -0.05) is 12.1 Å². The second-order valence-electron chi connectivity index (χ2n) is 3.73. The third-order valence-corrected chi connectivity index (χ3v) is 2.46. The van der Waals surface area contributed by atoms with Crippen LogP contribution in [0.25, 0.3) is 0 Å². The minimum atomic E-state index is 0.773. The highest BCUT2D eigenvalue weighted by atomic mass is 15.2. The summed E-state index contributed by atoms with van der Waals surface area (Å²) < 4.78 is 2.02. The standard InChI is InChI=1S/C13H16N4/c1-2-9-17-10-8-16-13(17)15-7-5-12-4-3-6-14-11-12/h2-4,6,8,10-11H,1,5,7,9H2,(H,15,16). The summed E-state index contributed by atoms with van der Waals surface area (Å²) in [6.45, 7) is 5.34. The zero-order chi connectivity index (χ0) is 11.9. The lowest BCUT2D eigenvalue weighted by Gasteiger charge is -2.07. The van der Waals surface area contributed by atoms with E-state index in [0.717, 1.165) is 25.5 Å². The number of anilines is 1. The Hall–Kier alpha value is -2.10. The van der Waals surface area contributed by atoms with E-state index < -0.39 is 0 Å². The highest BCUT2D eigenvalue weighted by Crippen LogP contribution is 2.05. The highest BCUT2D eigenvalue weighted by molar-refractivity contribution is 5.26. The van der Waals surface area contributed by atoms with Crippen LogP contribution in [0.15, 0.2) is 49.6 Å². The summed E-state index contributed by atoms with van der Waals surface area (Å²) in [4.78, 5) is 8.34. The van der Waals surface area contributed by atoms with Gasteiger partial charge in [-0.05, 0) is 18.1 Å². The fourth-order valence-corrected chi connectivity index (χ4v) is 1.63. The molecule has 1 N–H and O–H groups in total. The van der Waals surface area contributed by atoms with Gasteiger partial charge in [0.05, 0.1) is 0 Å². The van der Waals surface area contributed by atoms with Crippen molar-refractivity contribution >= 4 is 5.95 Å². The van der Waals surface area contributed by atoms with Crippen LogP contribution in [0, 0.1) is 0 Å². The van der Waals surface area contributed by atoms with E-state index in [9.17, 15) is 0 Å². The summed E-state index contributed by atoms with van der Waals surface area (Å²) in [5, 5.41) is 3.30. The number of allylic oxidation sites excluding steroid dienone is 1. The van der Waals surface area contributed by atoms with Crippen molar-refractivity contribution in [1.29, 1.82) is 0 Å². The maximum Gasteiger partial charge on any atom is 0.203 e. The fourth-order valence-electron chi connectivity index (χ4n) is 1.63. The number of imidazole rings is 1. The van der Waals surface area contributed by atoms with Crippen LogP contribution in [0.5, 0.6) is 0 Å². The molecule has 2 heterocycles. The summed E-state index contributed by atoms with van der Waals surface area (Å²) in [5.41, 5.74) is 1.22. The minimum Gasteiger partial charge on any atom is -0.355 e. The van der Waals surface area contributed by atoms with E-state index in [1.54, 1.807) is 12.4 Å². The van der Waals surface area contributed by atoms with Gasteiger partial charge in [-0.25, -0.2) is 4.98 Å². The van der Waals surface area contributed by atoms with Crippen LogP contribution in [0.3, 0.4) is 0 Å². The normalized spacial score (nSPS) is 10.1. The Morgan fingerprint density at radius 1 is 1.41 bits per heavy atom. The molecule has 0 atom stereocenters. The molecule has 0 saturated carbocycles. The average molecular weight is 228 g/mol. The summed E-state index contributed by atoms with van der Waals surface area (Å²) in [6, 6.07) is 4.03. The Morgan fingerprint density at radius 3 is 3.12 bits per heavy atom. The van der Waals surface area contributed by atoms with Gasteiger partial charge in [-0.3, -0.25) is 4.98 Å². The molecule has 2 aromatic heterocycles. The van der Waals surface area contributed by atoms with Crippen molar-refractivity contribution in [2.75, 3.05) is 11.9 Å². The van der Waals surface area contributed by atoms with E-state index in [4.69, 9.17) is 0 Å². The summed E-state index contributed by atoms with van der Waals surface area (Å²) in [5.74, 6) is 0.883. The monoisotopic (exact) mass is 228 g/mol. The molecule has 0 fully saturated rings. The smallest absolute Gasteiger partial charge is 0.203 e. The van der Waals surface area contributed by atoms with Gasteiger partial charge in [0.15, 0.2) is 0 Å². The zero-order valence-electron chi connectivity index (χ0n) is 9.71. The average Bonchev–Trinajstić information content (AvgIpc) is 2.79. The molecule has 4 heteroatoms. The topological polar surface area (TPSA) is 42.7 Å². The molecule has 0 bridgehead atoms. The van der Waals surface area contributed by atoms with Crippen molar-refractivity contribution in [3.8, 4) is 0 Å². The van der Waals surface area contributed by atoms with Crippen LogP contribution in [-0.4, -0.2) is 21.1 Å². The Morgan fingerprint density at radius 2 is 2.35 bits per heavy atom. The Bertz CT molecular complexity index is 461. The Kier molecular flexibility index (Phi) is 3.91. The summed E-state index contributed by atoms with van der Waals surface area (Å²) in [6.07, 6.45) is 10.2. The second kappa shape index (κ2) is 5.84. The predicted molar refractivity (Wildman–Crippen MR) is 68.9 cm³/mol. The lowest BCUT2D eigenvalue weighted by atomic mass is 10.2. The maximum absolute atomic E-state index is 4.25. The molecule has 2 rings (SSSR count). The first-order valence-electron chi connectivity index (χ1n) is 5.65. The lowest BCUT2D eigenvalue weighted by Crippen LogP contribution is -2.10. The van der Waals surface area contributed by atoms with Gasteiger partial charge >= 0.3 is 0 Å². The van der Waals surface area contributed by atoms with Gasteiger partial charge in [-0.2, -0.15) is 0 Å². The SMILES string of the molecule is C=CCn1ccnc1NCCc1cccnc1. The predicted octanol–water partition coefficient (Wildman–Crippen LogP) is 2.12. The van der Waals surface area contributed by atoms with E-state index in [1.165, 1.54) is 5.56 Å². The highest BCUT2D eigenvalue weighted by Gasteiger charge is 1.99. The van der Waals surface area contributed by atoms with E-state index in [-0.39, 0.29) is 0 Å². The van der Waals surface area contributed by atoms with Crippen LogP contribution in [0.2, 0.25) is 0 Å². The molecule has 0 aromatic carbocycles. The first kappa shape index (κ1) is 11.4. The van der Waals surface area contributed by atoms with E-state index in [0.29, 0.717) is 0 Å². The summed E-state index contributed by atoms with van der Waals surface area (Å²) >= 11 is 0. The number of hydrogen-bond donors (Lipinski definition) is 1. The van der Waals surface area contributed by atoms with E-state index in [2.05, 4.69) is 27.9 Å². The number of aromatic nitrogens is 3. The van der Waals surface area contributed by atoms with Gasteiger partial charge in [0.2, 0.25) is 5.95 Å². The number of nitrogens with one attached hydrogen (secondary N) is 1. The van der Waals surface area contributed by atoms with Crippen molar-refractivity contribution in [1.82, 2.24) is 14.5 Å². The van der Waals surface area contributed by atoms with Gasteiger partial charge in [0.25, 0.3) is 0 Å². The van der Waals surface area contributed by atoms with Crippen LogP contribution in [-0.2, 0) is 13.0 Å². The molecule has 0 saturated heterocycles. The molecule has 0 unspecified atom stereocenters. The fraction of sp³-hybridized carbons (Fsp3) is 0.231. The van der Waals surface area contributed by atoms with Crippen LogP contribution >= 0.6 is 0 Å². The van der Waals surface area contributed by atoms with Crippen LogP contribution < -0.4 is 5.32 Å². The molecule has 17 heavy (non-hydrogen) atoms. The van der Waals surface area contributed by atoms with Gasteiger partial charge in [0, 0.05) is 37.9 Å². The summed E-state index contributed by atoms with van der Waals surface area (Å²) in [7, 11) is 0. The molecular weight excluding hydrogens is 212 g/mol. The number of rotatable bonds is 6. The maximum atomic E-state index is 4.25. The number of pyridine rings is 1. The molecule has 0 aliphatic heterocycles. The molecule has 0 aliphatic rings. The third kappa shape index (κ3) is 3.17. The van der Waals surface area contributed by atoms with Crippen molar-refractivity contribution in [3.63, 3.8) is 0 Å². The molecule has 2 aromatic rings. The quantitative estimate of drug-likeness (QED) is 0.770. The first-order chi connectivity index (χ1) is 8.40. The third-order valence-electron chi connectivity index (χ3n) is 2.46. The first-order valence-corrected chi connectivity index (χ1v) is 5.65. The van der Waals surface area contributed by atoms with Gasteiger partial charge in [-0.15, -0.1) is 6.58 Å². The van der Waals surface area contributed by atoms with E-state index >= 15 is 0 Å². The Balaban J connectivity index is 1.86. The molecule has 0 spiro atoms. The largest absolute Gasteiger partial charge is 0.355 e. The molecule has 0 aliphatic carbocycles. The van der Waals surface area contributed by atoms with Crippen LogP contribution in [0.4, 0.5) is 5.95 Å². The zero-order valence-corrected chi connectivity index (χ0v) is 9.71. The second-order valence-corrected chi connectivity index (χ2v) is 3.73. The molecule has 88 valence electrons. The van der Waals surface area contributed by atoms with Crippen LogP contribution in [0.1, 0.15) is 5.56 Å². The van der Waals surface area contributed by atoms with Crippen molar-refractivity contribution in [3.05, 3.63) is 55.1 Å². The van der Waals surface area contributed by atoms with Crippen molar-refractivity contribution in [2.24, 2.45) is 0 Å². The number of hydrogen-bond acceptors (Lipinski definition) is 3. The van der Waals surface area contributed by atoms with Crippen molar-refractivity contribution in [2.45, 2.75) is 13.0 Å². The molecule has 0 amide bonds. The van der Waals surface area contributed by atoms with Crippen molar-refractivity contribution < 1.29 is 0 Å². The number of nitrogens with zero attached hydrogens (tertiary/aromatic N) is 3. The lowest BCUT2D eigenvalue weighted by molar-refractivity contribution is 0.816. The molecular formula is C13H16N4. The van der Waals surface area contributed by atoms with E-state index in [1.807, 2.05) is 29.1 Å². The molecule has 0 radical (unpaired) electrons. The van der Waals surface area contributed by atoms with Gasteiger partial charge < -0.3 is 9.88 Å².